The fourth-order valence-electron chi connectivity index (χ4n) is 2.97. The molecule has 27 heavy (non-hydrogen) atoms. The highest BCUT2D eigenvalue weighted by Crippen LogP contribution is 2.26. The maximum absolute atomic E-state index is 6.53. The Balaban J connectivity index is 4.59. The molecule has 0 saturated carbocycles. The van der Waals surface area contributed by atoms with Crippen LogP contribution in [0.3, 0.4) is 0 Å². The topological polar surface area (TPSA) is 113 Å². The highest BCUT2D eigenvalue weighted by atomic mass is 28.5. The molecule has 2 atom stereocenters. The van der Waals surface area contributed by atoms with Gasteiger partial charge in [0.15, 0.2) is 0 Å². The molecule has 6 N–H and O–H groups in total. The molecule has 0 aliphatic heterocycles. The zero-order valence-corrected chi connectivity index (χ0v) is 21.4. The van der Waals surface area contributed by atoms with Crippen molar-refractivity contribution in [1.29, 1.82) is 0 Å². The zero-order valence-electron chi connectivity index (χ0n) is 18.4. The van der Waals surface area contributed by atoms with Crippen molar-refractivity contribution >= 4 is 25.7 Å². The maximum atomic E-state index is 6.53. The third-order valence-electron chi connectivity index (χ3n) is 4.40. The number of hydrogen-bond donors (Lipinski definition) is 4. The number of nitrogens with one attached hydrogen (secondary N) is 2. The van der Waals surface area contributed by atoms with E-state index in [4.69, 9.17) is 28.5 Å². The number of rotatable bonds is 18. The Bertz CT molecular complexity index is 354. The van der Waals surface area contributed by atoms with Crippen LogP contribution in [0, 0.1) is 0 Å². The Labute approximate surface area is 169 Å². The summed E-state index contributed by atoms with van der Waals surface area (Å²) < 4.78 is 24.7. The third kappa shape index (κ3) is 13.2. The fraction of sp³-hybridized carbons (Fsp3) is 1.00. The Morgan fingerprint density at radius 2 is 1.04 bits per heavy atom. The summed E-state index contributed by atoms with van der Waals surface area (Å²) in [4.78, 5) is 0. The Kier molecular flexibility index (Phi) is 14.5. The first-order chi connectivity index (χ1) is 12.7. The van der Waals surface area contributed by atoms with Gasteiger partial charge in [-0.15, -0.1) is 0 Å². The minimum atomic E-state index is -2.37. The van der Waals surface area contributed by atoms with E-state index in [1.54, 1.807) is 14.2 Å². The first-order valence-corrected chi connectivity index (χ1v) is 17.8. The highest BCUT2D eigenvalue weighted by Gasteiger charge is 2.44. The lowest BCUT2D eigenvalue weighted by molar-refractivity contribution is 0.239. The Morgan fingerprint density at radius 1 is 0.667 bits per heavy atom. The van der Waals surface area contributed by atoms with Gasteiger partial charge >= 0.3 is 25.7 Å². The lowest BCUT2D eigenvalue weighted by Gasteiger charge is -2.39. The second kappa shape index (κ2) is 14.3. The average molecular weight is 441 g/mol. The molecule has 8 nitrogen and oxygen atoms in total. The van der Waals surface area contributed by atoms with Crippen LogP contribution >= 0.6 is 0 Å². The van der Waals surface area contributed by atoms with Crippen molar-refractivity contribution < 1.29 is 17.1 Å². The van der Waals surface area contributed by atoms with Crippen LogP contribution in [0.25, 0.3) is 0 Å². The molecule has 0 rings (SSSR count). The van der Waals surface area contributed by atoms with Crippen LogP contribution in [0.4, 0.5) is 0 Å². The summed E-state index contributed by atoms with van der Waals surface area (Å²) in [5, 5.41) is 6.64. The number of nitrogens with two attached hydrogens (primary N) is 2. The van der Waals surface area contributed by atoms with E-state index in [1.807, 2.05) is 0 Å². The summed E-state index contributed by atoms with van der Waals surface area (Å²) >= 11 is 0. The van der Waals surface area contributed by atoms with Gasteiger partial charge in [-0.1, -0.05) is 0 Å². The molecule has 0 aliphatic rings. The van der Waals surface area contributed by atoms with Gasteiger partial charge in [0.05, 0.1) is 0 Å². The SMILES string of the molecule is CO[Si](C)(CCCNCCN)O[Si](C)(C)O[Si](C)(CCCNCCN)OC. The second-order valence-electron chi connectivity index (χ2n) is 7.56. The lowest BCUT2D eigenvalue weighted by atomic mass is 10.5. The van der Waals surface area contributed by atoms with E-state index in [9.17, 15) is 0 Å². The minimum absolute atomic E-state index is 0.658. The van der Waals surface area contributed by atoms with Crippen LogP contribution in [0.2, 0.25) is 38.3 Å². The summed E-state index contributed by atoms with van der Waals surface area (Å²) in [6.07, 6.45) is 2.01. The summed E-state index contributed by atoms with van der Waals surface area (Å²) in [5.41, 5.74) is 11.0. The largest absolute Gasteiger partial charge is 0.415 e. The first-order valence-electron chi connectivity index (χ1n) is 9.98. The van der Waals surface area contributed by atoms with Gasteiger partial charge in [-0.25, -0.2) is 0 Å². The molecular formula is C16H44N4O4Si3. The van der Waals surface area contributed by atoms with Gasteiger partial charge in [0, 0.05) is 40.4 Å². The van der Waals surface area contributed by atoms with Crippen LogP contribution in [0.15, 0.2) is 0 Å². The van der Waals surface area contributed by atoms with Crippen LogP contribution in [-0.2, 0) is 17.1 Å². The molecule has 0 amide bonds. The van der Waals surface area contributed by atoms with Gasteiger partial charge in [0.25, 0.3) is 0 Å². The molecule has 0 radical (unpaired) electrons. The maximum Gasteiger partial charge on any atom is 0.325 e. The van der Waals surface area contributed by atoms with E-state index in [2.05, 4.69) is 36.8 Å². The smallest absolute Gasteiger partial charge is 0.325 e. The van der Waals surface area contributed by atoms with Crippen molar-refractivity contribution in [1.82, 2.24) is 10.6 Å². The van der Waals surface area contributed by atoms with Crippen molar-refractivity contribution in [3.8, 4) is 0 Å². The summed E-state index contributed by atoms with van der Waals surface area (Å²) in [5.74, 6) is 0. The third-order valence-corrected chi connectivity index (χ3v) is 16.0. The van der Waals surface area contributed by atoms with Crippen molar-refractivity contribution in [2.75, 3.05) is 53.5 Å². The number of hydrogen-bond acceptors (Lipinski definition) is 8. The van der Waals surface area contributed by atoms with Gasteiger partial charge in [-0.3, -0.25) is 0 Å². The molecule has 0 aliphatic carbocycles. The van der Waals surface area contributed by atoms with E-state index in [0.29, 0.717) is 13.1 Å². The van der Waals surface area contributed by atoms with Crippen LogP contribution in [0.5, 0.6) is 0 Å². The predicted molar refractivity (Wildman–Crippen MR) is 120 cm³/mol. The summed E-state index contributed by atoms with van der Waals surface area (Å²) in [7, 11) is -3.42. The van der Waals surface area contributed by atoms with E-state index < -0.39 is 25.7 Å². The van der Waals surface area contributed by atoms with Crippen molar-refractivity contribution in [3.05, 3.63) is 0 Å². The monoisotopic (exact) mass is 440 g/mol. The van der Waals surface area contributed by atoms with Gasteiger partial charge in [-0.05, 0) is 64.2 Å². The first kappa shape index (κ1) is 27.3. The summed E-state index contributed by atoms with van der Waals surface area (Å²) in [6, 6.07) is 1.85. The van der Waals surface area contributed by atoms with Crippen molar-refractivity contribution in [3.63, 3.8) is 0 Å². The van der Waals surface area contributed by atoms with E-state index in [-0.39, 0.29) is 0 Å². The fourth-order valence-corrected chi connectivity index (χ4v) is 15.4. The summed E-state index contributed by atoms with van der Waals surface area (Å²) in [6.45, 7) is 13.3. The average Bonchev–Trinajstić information content (AvgIpc) is 2.60. The Morgan fingerprint density at radius 3 is 1.33 bits per heavy atom. The van der Waals surface area contributed by atoms with Crippen LogP contribution in [0.1, 0.15) is 12.8 Å². The molecule has 0 heterocycles. The van der Waals surface area contributed by atoms with Crippen molar-refractivity contribution in [2.45, 2.75) is 51.1 Å². The van der Waals surface area contributed by atoms with Gasteiger partial charge in [0.1, 0.15) is 0 Å². The van der Waals surface area contributed by atoms with E-state index in [0.717, 1.165) is 51.1 Å². The van der Waals surface area contributed by atoms with Crippen LogP contribution in [-0.4, -0.2) is 79.2 Å². The van der Waals surface area contributed by atoms with Crippen molar-refractivity contribution in [2.24, 2.45) is 11.5 Å². The highest BCUT2D eigenvalue weighted by molar-refractivity contribution is 6.85. The van der Waals surface area contributed by atoms with Gasteiger partial charge in [-0.2, -0.15) is 0 Å². The second-order valence-corrected chi connectivity index (χ2v) is 18.3. The predicted octanol–water partition coefficient (Wildman–Crippen LogP) is 1.04. The standard InChI is InChI=1S/C16H44N4O4Si3/c1-21-26(5,15-7-11-19-13-9-17)23-25(3,4)24-27(6,22-2)16-8-12-20-14-10-18/h19-20H,7-18H2,1-6H3. The van der Waals surface area contributed by atoms with Gasteiger partial charge in [0.2, 0.25) is 0 Å². The normalized spacial score (nSPS) is 16.9. The molecule has 11 heteroatoms. The molecular weight excluding hydrogens is 396 g/mol. The molecule has 0 aromatic heterocycles. The molecule has 0 bridgehead atoms. The van der Waals surface area contributed by atoms with E-state index >= 15 is 0 Å². The van der Waals surface area contributed by atoms with Gasteiger partial charge < -0.3 is 39.2 Å². The molecule has 0 aromatic carbocycles. The molecule has 0 fully saturated rings. The molecule has 0 aromatic rings. The van der Waals surface area contributed by atoms with Crippen LogP contribution < -0.4 is 22.1 Å². The Hall–Kier alpha value is 0.331. The molecule has 0 saturated heterocycles. The minimum Gasteiger partial charge on any atom is -0.415 e. The quantitative estimate of drug-likeness (QED) is 0.185. The van der Waals surface area contributed by atoms with E-state index in [1.165, 1.54) is 0 Å². The zero-order chi connectivity index (χ0) is 20.8. The molecule has 164 valence electrons. The lowest BCUT2D eigenvalue weighted by Crippen LogP contribution is -2.56. The molecule has 2 unspecified atom stereocenters. The molecule has 0 spiro atoms.